The molecule has 25 heavy (non-hydrogen) atoms. The summed E-state index contributed by atoms with van der Waals surface area (Å²) in [6, 6.07) is -1.40. The van der Waals surface area contributed by atoms with Gasteiger partial charge >= 0.3 is 5.97 Å². The third kappa shape index (κ3) is 12.4. The number of esters is 1. The normalized spacial score (nSPS) is 13.0. The molecule has 0 unspecified atom stereocenters. The largest absolute Gasteiger partial charge is 0.467 e. The second kappa shape index (κ2) is 14.7. The molecule has 0 saturated carbocycles. The van der Waals surface area contributed by atoms with E-state index in [0.717, 1.165) is 19.3 Å². The average Bonchev–Trinajstić information content (AvgIpc) is 2.59. The van der Waals surface area contributed by atoms with Crippen LogP contribution in [0.1, 0.15) is 85.0 Å². The Kier molecular flexibility index (Phi) is 13.8. The van der Waals surface area contributed by atoms with Crippen LogP contribution in [0.5, 0.6) is 0 Å². The lowest BCUT2D eigenvalue weighted by atomic mass is 10.1. The van der Waals surface area contributed by atoms with Crippen LogP contribution in [0, 0.1) is 0 Å². The van der Waals surface area contributed by atoms with Crippen LogP contribution >= 0.6 is 0 Å². The first-order valence-corrected chi connectivity index (χ1v) is 9.59. The molecule has 0 heterocycles. The predicted octanol–water partition coefficient (Wildman–Crippen LogP) is 3.09. The lowest BCUT2D eigenvalue weighted by Gasteiger charge is -2.17. The maximum Gasteiger partial charge on any atom is 0.328 e. The van der Waals surface area contributed by atoms with Gasteiger partial charge in [-0.3, -0.25) is 9.59 Å². The highest BCUT2D eigenvalue weighted by molar-refractivity contribution is 5.90. The van der Waals surface area contributed by atoms with Crippen molar-refractivity contribution in [1.82, 2.24) is 10.6 Å². The molecule has 0 saturated heterocycles. The minimum atomic E-state index is -0.728. The number of rotatable bonds is 14. The van der Waals surface area contributed by atoms with Gasteiger partial charge in [0.2, 0.25) is 11.8 Å². The Morgan fingerprint density at radius 1 is 0.800 bits per heavy atom. The molecule has 0 aliphatic heterocycles. The lowest BCUT2D eigenvalue weighted by Crippen LogP contribution is -2.49. The van der Waals surface area contributed by atoms with Crippen molar-refractivity contribution in [2.45, 2.75) is 97.1 Å². The Labute approximate surface area is 152 Å². The first-order valence-electron chi connectivity index (χ1n) is 9.59. The molecule has 0 aromatic carbocycles. The molecule has 146 valence electrons. The van der Waals surface area contributed by atoms with Gasteiger partial charge in [0.15, 0.2) is 0 Å². The topological polar surface area (TPSA) is 84.5 Å². The Balaban J connectivity index is 3.73. The Morgan fingerprint density at radius 2 is 1.32 bits per heavy atom. The van der Waals surface area contributed by atoms with Crippen molar-refractivity contribution >= 4 is 17.8 Å². The SMILES string of the molecule is CCCCCCCCCCCC(=O)N[C@@H](C)C(=O)N[C@@H](C)C(=O)OC. The molecule has 0 rings (SSSR count). The number of methoxy groups -OCH3 is 1. The van der Waals surface area contributed by atoms with Gasteiger partial charge in [0.25, 0.3) is 0 Å². The molecule has 2 amide bonds. The fourth-order valence-corrected chi connectivity index (χ4v) is 2.55. The van der Waals surface area contributed by atoms with Crippen LogP contribution in [0.2, 0.25) is 0 Å². The maximum atomic E-state index is 11.9. The fraction of sp³-hybridized carbons (Fsp3) is 0.842. The van der Waals surface area contributed by atoms with E-state index in [9.17, 15) is 14.4 Å². The monoisotopic (exact) mass is 356 g/mol. The second-order valence-corrected chi connectivity index (χ2v) is 6.62. The molecule has 0 aromatic rings. The quantitative estimate of drug-likeness (QED) is 0.370. The van der Waals surface area contributed by atoms with Gasteiger partial charge in [-0.2, -0.15) is 0 Å². The zero-order valence-electron chi connectivity index (χ0n) is 16.4. The molecule has 0 aliphatic carbocycles. The number of ether oxygens (including phenoxy) is 1. The minimum Gasteiger partial charge on any atom is -0.467 e. The second-order valence-electron chi connectivity index (χ2n) is 6.62. The maximum absolute atomic E-state index is 11.9. The van der Waals surface area contributed by atoms with Crippen molar-refractivity contribution in [3.05, 3.63) is 0 Å². The van der Waals surface area contributed by atoms with Crippen LogP contribution in [0.4, 0.5) is 0 Å². The van der Waals surface area contributed by atoms with E-state index >= 15 is 0 Å². The van der Waals surface area contributed by atoms with Crippen molar-refractivity contribution in [3.8, 4) is 0 Å². The number of hydrogen-bond acceptors (Lipinski definition) is 4. The molecule has 6 nitrogen and oxygen atoms in total. The number of carbonyl (C=O) groups excluding carboxylic acids is 3. The van der Waals surface area contributed by atoms with Crippen LogP contribution in [-0.4, -0.2) is 37.0 Å². The highest BCUT2D eigenvalue weighted by Crippen LogP contribution is 2.10. The highest BCUT2D eigenvalue weighted by Gasteiger charge is 2.20. The van der Waals surface area contributed by atoms with Crippen LogP contribution in [0.15, 0.2) is 0 Å². The Bertz CT molecular complexity index is 399. The smallest absolute Gasteiger partial charge is 0.328 e. The summed E-state index contributed by atoms with van der Waals surface area (Å²) in [4.78, 5) is 35.0. The predicted molar refractivity (Wildman–Crippen MR) is 99.1 cm³/mol. The summed E-state index contributed by atoms with van der Waals surface area (Å²) in [6.07, 6.45) is 11.2. The molecule has 6 heteroatoms. The average molecular weight is 357 g/mol. The summed E-state index contributed by atoms with van der Waals surface area (Å²) in [6.45, 7) is 5.36. The van der Waals surface area contributed by atoms with Crippen molar-refractivity contribution in [1.29, 1.82) is 0 Å². The number of nitrogens with one attached hydrogen (secondary N) is 2. The van der Waals surface area contributed by atoms with Crippen molar-refractivity contribution in [2.75, 3.05) is 7.11 Å². The van der Waals surface area contributed by atoms with Crippen molar-refractivity contribution < 1.29 is 19.1 Å². The molecular weight excluding hydrogens is 320 g/mol. The fourth-order valence-electron chi connectivity index (χ4n) is 2.55. The van der Waals surface area contributed by atoms with E-state index in [2.05, 4.69) is 22.3 Å². The van der Waals surface area contributed by atoms with Gasteiger partial charge in [0.1, 0.15) is 12.1 Å². The van der Waals surface area contributed by atoms with E-state index in [1.54, 1.807) is 13.8 Å². The van der Waals surface area contributed by atoms with Crippen molar-refractivity contribution in [3.63, 3.8) is 0 Å². The molecule has 2 N–H and O–H groups in total. The van der Waals surface area contributed by atoms with E-state index in [0.29, 0.717) is 6.42 Å². The number of carbonyl (C=O) groups is 3. The number of unbranched alkanes of at least 4 members (excludes halogenated alkanes) is 8. The van der Waals surface area contributed by atoms with Gasteiger partial charge in [0, 0.05) is 6.42 Å². The van der Waals surface area contributed by atoms with Gasteiger partial charge < -0.3 is 15.4 Å². The van der Waals surface area contributed by atoms with E-state index in [1.165, 1.54) is 45.6 Å². The first kappa shape index (κ1) is 23.4. The van der Waals surface area contributed by atoms with Crippen molar-refractivity contribution in [2.24, 2.45) is 0 Å². The summed E-state index contributed by atoms with van der Waals surface area (Å²) < 4.78 is 4.55. The molecule has 0 spiro atoms. The molecule has 0 fully saturated rings. The first-order chi connectivity index (χ1) is 11.9. The van der Waals surface area contributed by atoms with Gasteiger partial charge in [-0.25, -0.2) is 4.79 Å². The van der Waals surface area contributed by atoms with Gasteiger partial charge in [-0.1, -0.05) is 58.3 Å². The summed E-state index contributed by atoms with van der Waals surface area (Å²) in [5, 5.41) is 5.18. The molecule has 0 bridgehead atoms. The molecule has 0 aliphatic rings. The highest BCUT2D eigenvalue weighted by atomic mass is 16.5. The van der Waals surface area contributed by atoms with Crippen LogP contribution in [0.25, 0.3) is 0 Å². The van der Waals surface area contributed by atoms with Gasteiger partial charge in [-0.15, -0.1) is 0 Å². The van der Waals surface area contributed by atoms with Crippen LogP contribution in [0.3, 0.4) is 0 Å². The van der Waals surface area contributed by atoms with E-state index in [-0.39, 0.29) is 5.91 Å². The van der Waals surface area contributed by atoms with E-state index < -0.39 is 24.0 Å². The summed E-state index contributed by atoms with van der Waals surface area (Å²) in [5.41, 5.74) is 0. The zero-order valence-corrected chi connectivity index (χ0v) is 16.4. The zero-order chi connectivity index (χ0) is 19.1. The number of amides is 2. The van der Waals surface area contributed by atoms with E-state index in [4.69, 9.17) is 0 Å². The molecule has 0 radical (unpaired) electrons. The summed E-state index contributed by atoms with van der Waals surface area (Å²) in [7, 11) is 1.27. The minimum absolute atomic E-state index is 0.128. The Hall–Kier alpha value is -1.59. The summed E-state index contributed by atoms with van der Waals surface area (Å²) >= 11 is 0. The molecular formula is C19H36N2O4. The van der Waals surface area contributed by atoms with Gasteiger partial charge in [0.05, 0.1) is 7.11 Å². The standard InChI is InChI=1S/C19H36N2O4/c1-5-6-7-8-9-10-11-12-13-14-17(22)20-15(2)18(23)21-16(3)19(24)25-4/h15-16H,5-14H2,1-4H3,(H,20,22)(H,21,23)/t15-,16-/m0/s1. The van der Waals surface area contributed by atoms with Crippen LogP contribution in [-0.2, 0) is 19.1 Å². The van der Waals surface area contributed by atoms with Gasteiger partial charge in [-0.05, 0) is 20.3 Å². The third-order valence-corrected chi connectivity index (χ3v) is 4.19. The van der Waals surface area contributed by atoms with Crippen LogP contribution < -0.4 is 10.6 Å². The molecule has 2 atom stereocenters. The Morgan fingerprint density at radius 3 is 1.84 bits per heavy atom. The number of hydrogen-bond donors (Lipinski definition) is 2. The molecule has 0 aromatic heterocycles. The van der Waals surface area contributed by atoms with E-state index in [1.807, 2.05) is 0 Å². The lowest BCUT2D eigenvalue weighted by molar-refractivity contribution is -0.144. The summed E-state index contributed by atoms with van der Waals surface area (Å²) in [5.74, 6) is -1.03. The third-order valence-electron chi connectivity index (χ3n) is 4.19.